The Kier molecular flexibility index (Phi) is 127. The van der Waals surface area contributed by atoms with Gasteiger partial charge in [-0.1, -0.05) is 0 Å². The Labute approximate surface area is 104 Å². The summed E-state index contributed by atoms with van der Waals surface area (Å²) in [6.07, 6.45) is 0. The third kappa shape index (κ3) is 8.83. The fourth-order valence-electron chi connectivity index (χ4n) is 0. The van der Waals surface area contributed by atoms with Crippen molar-refractivity contribution in [2.75, 3.05) is 0 Å². The summed E-state index contributed by atoms with van der Waals surface area (Å²) in [5.74, 6) is 0. The van der Waals surface area contributed by atoms with Gasteiger partial charge in [0, 0.05) is 0 Å². The number of rotatable bonds is 0. The second-order valence-electron chi connectivity index (χ2n) is 0. The van der Waals surface area contributed by atoms with Gasteiger partial charge in [0.1, 0.15) is 0 Å². The molecule has 0 unspecified atom stereocenters. The fraction of sp³-hybridized carbons (Fsp3) is 0. The van der Waals surface area contributed by atoms with Crippen molar-refractivity contribution >= 4 is 23.1 Å². The molecule has 0 aliphatic rings. The van der Waals surface area contributed by atoms with Crippen molar-refractivity contribution in [2.45, 2.75) is 0 Å². The first-order valence-electron chi connectivity index (χ1n) is 0. The van der Waals surface area contributed by atoms with Crippen LogP contribution in [0.1, 0.15) is 4.28 Å². The molecular formula is H7CsMgO2. The molecule has 0 fully saturated rings. The van der Waals surface area contributed by atoms with Crippen LogP contribution in [0, 0.1) is 0 Å². The van der Waals surface area contributed by atoms with Crippen LogP contribution in [0.2, 0.25) is 0 Å². The first-order chi connectivity index (χ1) is 0. The largest absolute Gasteiger partial charge is 2.00 e. The molecule has 4 N–H and O–H groups in total. The zero-order valence-corrected chi connectivity index (χ0v) is 10.4. The van der Waals surface area contributed by atoms with E-state index in [0.717, 1.165) is 0 Å². The molecule has 0 aromatic heterocycles. The van der Waals surface area contributed by atoms with Gasteiger partial charge < -0.3 is 15.2 Å². The summed E-state index contributed by atoms with van der Waals surface area (Å²) in [7, 11) is 0. The molecule has 0 aromatic rings. The molecule has 4 heteroatoms. The first kappa shape index (κ1) is 29.6. The summed E-state index contributed by atoms with van der Waals surface area (Å²) in [4.78, 5) is 0. The molecule has 0 atom stereocenters. The summed E-state index contributed by atoms with van der Waals surface area (Å²) in [6, 6.07) is 0. The van der Waals surface area contributed by atoms with Crippen LogP contribution in [0.3, 0.4) is 0 Å². The van der Waals surface area contributed by atoms with Crippen LogP contribution in [0.5, 0.6) is 0 Å². The Morgan fingerprint density at radius 1 is 1.00 bits per heavy atom. The molecule has 0 aromatic carbocycles. The van der Waals surface area contributed by atoms with E-state index in [9.17, 15) is 0 Å². The van der Waals surface area contributed by atoms with Gasteiger partial charge in [0.15, 0.2) is 0 Å². The third-order valence-corrected chi connectivity index (χ3v) is 0. The minimum atomic E-state index is 0. The molecule has 0 radical (unpaired) electrons. The van der Waals surface area contributed by atoms with Gasteiger partial charge in [-0.3, -0.25) is 0 Å². The topological polar surface area (TPSA) is 63.0 Å². The van der Waals surface area contributed by atoms with Crippen LogP contribution in [0.4, 0.5) is 0 Å². The maximum atomic E-state index is 0. The average molecular weight is 196 g/mol. The molecule has 4 heavy (non-hydrogen) atoms. The zero-order valence-electron chi connectivity index (χ0n) is 5.71. The summed E-state index contributed by atoms with van der Waals surface area (Å²) in [6.45, 7) is 0. The Morgan fingerprint density at radius 3 is 1.00 bits per heavy atom. The molecule has 0 saturated heterocycles. The first-order valence-corrected chi connectivity index (χ1v) is 0. The second-order valence-corrected chi connectivity index (χ2v) is 0. The predicted octanol–water partition coefficient (Wildman–Crippen LogP) is -4.69. The zero-order chi connectivity index (χ0) is 0. The van der Waals surface area contributed by atoms with Crippen LogP contribution in [-0.4, -0.2) is 34.0 Å². The average Bonchev–Trinajstić information content (AvgIpc) is 0. The van der Waals surface area contributed by atoms with E-state index in [1.54, 1.807) is 0 Å². The Hall–Kier alpha value is 2.74. The standard InChI is InChI=1S/Cs.Mg.2H2O.3H/h;;2*1H2;;;/q+1;+2;;;3*-1. The molecule has 0 spiro atoms. The van der Waals surface area contributed by atoms with Crippen molar-refractivity contribution in [3.63, 3.8) is 0 Å². The van der Waals surface area contributed by atoms with Gasteiger partial charge in [0.05, 0.1) is 0 Å². The monoisotopic (exact) mass is 196 g/mol. The normalized spacial score (nSPS) is 0. The molecule has 2 nitrogen and oxygen atoms in total. The van der Waals surface area contributed by atoms with Gasteiger partial charge in [-0.25, -0.2) is 0 Å². The van der Waals surface area contributed by atoms with Crippen LogP contribution < -0.4 is 68.9 Å². The van der Waals surface area contributed by atoms with Crippen molar-refractivity contribution in [1.82, 2.24) is 0 Å². The molecule has 0 saturated carbocycles. The van der Waals surface area contributed by atoms with Crippen molar-refractivity contribution in [1.29, 1.82) is 0 Å². The predicted molar refractivity (Wildman–Crippen MR) is 16.3 cm³/mol. The van der Waals surface area contributed by atoms with Crippen molar-refractivity contribution in [3.05, 3.63) is 0 Å². The number of hydrogen-bond acceptors (Lipinski definition) is 0. The van der Waals surface area contributed by atoms with E-state index < -0.39 is 0 Å². The van der Waals surface area contributed by atoms with Crippen LogP contribution in [-0.2, 0) is 0 Å². The maximum absolute atomic E-state index is 0. The van der Waals surface area contributed by atoms with Gasteiger partial charge in [-0.15, -0.1) is 0 Å². The van der Waals surface area contributed by atoms with Crippen LogP contribution in [0.15, 0.2) is 0 Å². The summed E-state index contributed by atoms with van der Waals surface area (Å²) in [5.41, 5.74) is 0. The van der Waals surface area contributed by atoms with Crippen LogP contribution >= 0.6 is 0 Å². The summed E-state index contributed by atoms with van der Waals surface area (Å²) < 4.78 is 0. The Morgan fingerprint density at radius 2 is 1.00 bits per heavy atom. The van der Waals surface area contributed by atoms with E-state index in [-0.39, 0.29) is 107 Å². The minimum absolute atomic E-state index is 0. The quantitative estimate of drug-likeness (QED) is 0.350. The second kappa shape index (κ2) is 17.2. The van der Waals surface area contributed by atoms with E-state index in [1.807, 2.05) is 0 Å². The molecule has 22 valence electrons. The molecule has 0 bridgehead atoms. The molecule has 0 heterocycles. The van der Waals surface area contributed by atoms with E-state index in [4.69, 9.17) is 0 Å². The molecule has 0 amide bonds. The fourth-order valence-corrected chi connectivity index (χ4v) is 0. The minimum Gasteiger partial charge on any atom is -1.00 e. The van der Waals surface area contributed by atoms with E-state index in [0.29, 0.717) is 0 Å². The molecule has 0 aliphatic carbocycles. The van der Waals surface area contributed by atoms with E-state index in [1.165, 1.54) is 0 Å². The molecule has 0 rings (SSSR count). The smallest absolute Gasteiger partial charge is 1.00 e. The van der Waals surface area contributed by atoms with E-state index in [2.05, 4.69) is 0 Å². The number of hydrogen-bond donors (Lipinski definition) is 0. The van der Waals surface area contributed by atoms with Crippen molar-refractivity contribution in [3.8, 4) is 0 Å². The van der Waals surface area contributed by atoms with Gasteiger partial charge in [-0.05, 0) is 0 Å². The molecule has 0 aliphatic heterocycles. The van der Waals surface area contributed by atoms with Gasteiger partial charge in [-0.2, -0.15) is 0 Å². The van der Waals surface area contributed by atoms with Gasteiger partial charge in [0.25, 0.3) is 0 Å². The third-order valence-electron chi connectivity index (χ3n) is 0. The Balaban J connectivity index is 0. The van der Waals surface area contributed by atoms with Gasteiger partial charge in [0.2, 0.25) is 0 Å². The van der Waals surface area contributed by atoms with Crippen LogP contribution in [0.25, 0.3) is 0 Å². The van der Waals surface area contributed by atoms with Crippen molar-refractivity contribution < 1.29 is 84.1 Å². The summed E-state index contributed by atoms with van der Waals surface area (Å²) >= 11 is 0. The molecular weight excluding hydrogens is 189 g/mol. The summed E-state index contributed by atoms with van der Waals surface area (Å²) in [5, 5.41) is 0. The maximum Gasteiger partial charge on any atom is 2.00 e. The van der Waals surface area contributed by atoms with E-state index >= 15 is 0 Å². The Bertz CT molecular complexity index is 12.9. The van der Waals surface area contributed by atoms with Crippen molar-refractivity contribution in [2.24, 2.45) is 0 Å². The van der Waals surface area contributed by atoms with Gasteiger partial charge >= 0.3 is 91.9 Å². The SMILES string of the molecule is O.O.[Cs+].[H-].[H-].[H-].[Mg+2].